The fraction of sp³-hybridized carbons (Fsp3) is 0.429. The topological polar surface area (TPSA) is 74.6 Å². The van der Waals surface area contributed by atoms with Crippen molar-refractivity contribution in [2.24, 2.45) is 5.92 Å². The minimum Gasteiger partial charge on any atom is -0.464 e. The molecule has 1 unspecified atom stereocenters. The number of hydrogen-bond acceptors (Lipinski definition) is 3. The zero-order valence-electron chi connectivity index (χ0n) is 15.3. The number of nitrogens with one attached hydrogen (secondary N) is 2. The molecule has 2 aromatic rings. The highest BCUT2D eigenvalue weighted by Gasteiger charge is 2.35. The second-order valence-corrected chi connectivity index (χ2v) is 7.44. The Morgan fingerprint density at radius 2 is 1.93 bits per heavy atom. The number of rotatable bonds is 5. The lowest BCUT2D eigenvalue weighted by Crippen LogP contribution is -2.36. The number of anilines is 1. The maximum Gasteiger partial charge on any atom is 0.319 e. The molecule has 1 aromatic carbocycles. The zero-order valence-corrected chi connectivity index (χ0v) is 15.3. The normalized spacial score (nSPS) is 20.2. The van der Waals surface area contributed by atoms with E-state index in [2.05, 4.69) is 10.6 Å². The first kappa shape index (κ1) is 17.6. The molecule has 1 aliphatic heterocycles. The molecule has 27 heavy (non-hydrogen) atoms. The summed E-state index contributed by atoms with van der Waals surface area (Å²) in [6.07, 6.45) is 6.86. The maximum atomic E-state index is 12.2. The molecule has 1 atom stereocenters. The predicted molar refractivity (Wildman–Crippen MR) is 103 cm³/mol. The van der Waals surface area contributed by atoms with E-state index in [1.165, 1.54) is 12.8 Å². The minimum atomic E-state index is -0.243. The average Bonchev–Trinajstić information content (AvgIpc) is 3.42. The molecule has 1 aromatic heterocycles. The first-order chi connectivity index (χ1) is 13.2. The van der Waals surface area contributed by atoms with Crippen molar-refractivity contribution in [3.63, 3.8) is 0 Å². The number of urea groups is 1. The van der Waals surface area contributed by atoms with Crippen molar-refractivity contribution in [2.45, 2.75) is 38.1 Å². The van der Waals surface area contributed by atoms with Crippen LogP contribution in [-0.4, -0.2) is 36.0 Å². The summed E-state index contributed by atoms with van der Waals surface area (Å²) in [4.78, 5) is 26.4. The number of amides is 3. The molecule has 2 aliphatic rings. The van der Waals surface area contributed by atoms with Gasteiger partial charge in [0.05, 0.1) is 6.26 Å². The van der Waals surface area contributed by atoms with Gasteiger partial charge in [0.15, 0.2) is 0 Å². The van der Waals surface area contributed by atoms with Gasteiger partial charge >= 0.3 is 6.03 Å². The van der Waals surface area contributed by atoms with Crippen LogP contribution in [0.1, 0.15) is 32.1 Å². The standard InChI is InChI=1S/C21H25N3O3/c25-20-12-15(14-24(20)18-4-1-2-5-18)13-22-21(26)23-17-9-7-16(8-10-17)19-6-3-11-27-19/h3,6-11,15,18H,1-2,4-5,12-14H2,(H2,22,23,26). The number of carbonyl (C=O) groups is 2. The van der Waals surface area contributed by atoms with Crippen LogP contribution in [0.3, 0.4) is 0 Å². The summed E-state index contributed by atoms with van der Waals surface area (Å²) in [5.74, 6) is 1.23. The highest BCUT2D eigenvalue weighted by molar-refractivity contribution is 5.89. The van der Waals surface area contributed by atoms with E-state index >= 15 is 0 Å². The van der Waals surface area contributed by atoms with Gasteiger partial charge in [0.1, 0.15) is 5.76 Å². The first-order valence-electron chi connectivity index (χ1n) is 9.67. The van der Waals surface area contributed by atoms with E-state index in [1.54, 1.807) is 6.26 Å². The summed E-state index contributed by atoms with van der Waals surface area (Å²) in [6, 6.07) is 11.4. The first-order valence-corrected chi connectivity index (χ1v) is 9.67. The lowest BCUT2D eigenvalue weighted by atomic mass is 10.1. The molecular weight excluding hydrogens is 342 g/mol. The monoisotopic (exact) mass is 367 g/mol. The van der Waals surface area contributed by atoms with E-state index in [0.717, 1.165) is 36.4 Å². The Kier molecular flexibility index (Phi) is 5.14. The van der Waals surface area contributed by atoms with Crippen molar-refractivity contribution >= 4 is 17.6 Å². The van der Waals surface area contributed by atoms with Gasteiger partial charge in [-0.05, 0) is 49.2 Å². The Morgan fingerprint density at radius 3 is 2.63 bits per heavy atom. The molecule has 0 spiro atoms. The average molecular weight is 367 g/mol. The molecule has 0 radical (unpaired) electrons. The van der Waals surface area contributed by atoms with E-state index in [9.17, 15) is 9.59 Å². The third-order valence-corrected chi connectivity index (χ3v) is 5.50. The molecule has 1 saturated carbocycles. The minimum absolute atomic E-state index is 0.199. The molecule has 1 aliphatic carbocycles. The number of furan rings is 1. The van der Waals surface area contributed by atoms with Crippen LogP contribution in [0.15, 0.2) is 47.1 Å². The van der Waals surface area contributed by atoms with Crippen LogP contribution in [-0.2, 0) is 4.79 Å². The van der Waals surface area contributed by atoms with E-state index in [0.29, 0.717) is 19.0 Å². The summed E-state index contributed by atoms with van der Waals surface area (Å²) in [5.41, 5.74) is 1.68. The number of likely N-dealkylation sites (tertiary alicyclic amines) is 1. The van der Waals surface area contributed by atoms with Crippen LogP contribution in [0.25, 0.3) is 11.3 Å². The van der Waals surface area contributed by atoms with Crippen LogP contribution in [0.2, 0.25) is 0 Å². The summed E-state index contributed by atoms with van der Waals surface area (Å²) >= 11 is 0. The van der Waals surface area contributed by atoms with E-state index in [1.807, 2.05) is 41.3 Å². The molecule has 142 valence electrons. The number of nitrogens with zero attached hydrogens (tertiary/aromatic N) is 1. The molecule has 3 amide bonds. The van der Waals surface area contributed by atoms with Gasteiger partial charge in [-0.3, -0.25) is 4.79 Å². The van der Waals surface area contributed by atoms with Gasteiger partial charge in [0, 0.05) is 42.7 Å². The van der Waals surface area contributed by atoms with E-state index < -0.39 is 0 Å². The van der Waals surface area contributed by atoms with Crippen LogP contribution >= 0.6 is 0 Å². The second-order valence-electron chi connectivity index (χ2n) is 7.44. The van der Waals surface area contributed by atoms with Crippen molar-refractivity contribution < 1.29 is 14.0 Å². The van der Waals surface area contributed by atoms with Crippen molar-refractivity contribution in [3.05, 3.63) is 42.7 Å². The fourth-order valence-electron chi connectivity index (χ4n) is 4.09. The molecule has 6 nitrogen and oxygen atoms in total. The molecule has 2 heterocycles. The Labute approximate surface area is 158 Å². The lowest BCUT2D eigenvalue weighted by Gasteiger charge is -2.24. The van der Waals surface area contributed by atoms with Crippen LogP contribution in [0, 0.1) is 5.92 Å². The van der Waals surface area contributed by atoms with Gasteiger partial charge in [-0.2, -0.15) is 0 Å². The molecule has 0 bridgehead atoms. The molecular formula is C21H25N3O3. The van der Waals surface area contributed by atoms with E-state index in [-0.39, 0.29) is 17.9 Å². The number of benzene rings is 1. The van der Waals surface area contributed by atoms with Gasteiger partial charge < -0.3 is 20.0 Å². The van der Waals surface area contributed by atoms with Crippen molar-refractivity contribution in [1.82, 2.24) is 10.2 Å². The highest BCUT2D eigenvalue weighted by Crippen LogP contribution is 2.29. The zero-order chi connectivity index (χ0) is 18.6. The maximum absolute atomic E-state index is 12.2. The van der Waals surface area contributed by atoms with Gasteiger partial charge in [-0.25, -0.2) is 4.79 Å². The summed E-state index contributed by atoms with van der Waals surface area (Å²) < 4.78 is 5.36. The second kappa shape index (κ2) is 7.86. The Hall–Kier alpha value is -2.76. The van der Waals surface area contributed by atoms with Gasteiger partial charge in [0.2, 0.25) is 5.91 Å². The quantitative estimate of drug-likeness (QED) is 0.843. The molecule has 6 heteroatoms. The lowest BCUT2D eigenvalue weighted by molar-refractivity contribution is -0.129. The van der Waals surface area contributed by atoms with E-state index in [4.69, 9.17) is 4.42 Å². The summed E-state index contributed by atoms with van der Waals surface area (Å²) in [5, 5.41) is 5.74. The SMILES string of the molecule is O=C(NCC1CC(=O)N(C2CCCC2)C1)Nc1ccc(-c2ccco2)cc1. The number of carbonyl (C=O) groups excluding carboxylic acids is 2. The highest BCUT2D eigenvalue weighted by atomic mass is 16.3. The van der Waals surface area contributed by atoms with Crippen LogP contribution in [0.5, 0.6) is 0 Å². The Balaban J connectivity index is 1.24. The van der Waals surface area contributed by atoms with Crippen molar-refractivity contribution in [1.29, 1.82) is 0 Å². The molecule has 2 N–H and O–H groups in total. The summed E-state index contributed by atoms with van der Waals surface area (Å²) in [7, 11) is 0. The predicted octanol–water partition coefficient (Wildman–Crippen LogP) is 3.86. The Morgan fingerprint density at radius 1 is 1.15 bits per heavy atom. The van der Waals surface area contributed by atoms with Crippen LogP contribution in [0.4, 0.5) is 10.5 Å². The smallest absolute Gasteiger partial charge is 0.319 e. The Bertz CT molecular complexity index is 780. The van der Waals surface area contributed by atoms with Gasteiger partial charge in [-0.1, -0.05) is 12.8 Å². The van der Waals surface area contributed by atoms with Gasteiger partial charge in [0.25, 0.3) is 0 Å². The van der Waals surface area contributed by atoms with Crippen molar-refractivity contribution in [2.75, 3.05) is 18.4 Å². The molecule has 1 saturated heterocycles. The molecule has 4 rings (SSSR count). The summed E-state index contributed by atoms with van der Waals surface area (Å²) in [6.45, 7) is 1.28. The third kappa shape index (κ3) is 4.15. The molecule has 2 fully saturated rings. The largest absolute Gasteiger partial charge is 0.464 e. The van der Waals surface area contributed by atoms with Crippen LogP contribution < -0.4 is 10.6 Å². The van der Waals surface area contributed by atoms with Crippen molar-refractivity contribution in [3.8, 4) is 11.3 Å². The third-order valence-electron chi connectivity index (χ3n) is 5.50. The fourth-order valence-corrected chi connectivity index (χ4v) is 4.09. The number of hydrogen-bond donors (Lipinski definition) is 2. The van der Waals surface area contributed by atoms with Gasteiger partial charge in [-0.15, -0.1) is 0 Å².